The lowest BCUT2D eigenvalue weighted by Gasteiger charge is -2.02. The predicted octanol–water partition coefficient (Wildman–Crippen LogP) is 0.955. The predicted molar refractivity (Wildman–Crippen MR) is 59.0 cm³/mol. The summed E-state index contributed by atoms with van der Waals surface area (Å²) in [7, 11) is -1.44. The van der Waals surface area contributed by atoms with Crippen molar-refractivity contribution in [1.29, 1.82) is 0 Å². The molecule has 1 rings (SSSR count). The van der Waals surface area contributed by atoms with Crippen LogP contribution >= 0.6 is 34.2 Å². The van der Waals surface area contributed by atoms with Crippen LogP contribution in [0.15, 0.2) is 18.2 Å². The van der Waals surface area contributed by atoms with Gasteiger partial charge in [0.15, 0.2) is 0 Å². The quantitative estimate of drug-likeness (QED) is 0.485. The summed E-state index contributed by atoms with van der Waals surface area (Å²) < 4.78 is 0.804. The molecule has 0 heterocycles. The van der Waals surface area contributed by atoms with Crippen LogP contribution < -0.4 is 5.46 Å². The summed E-state index contributed by atoms with van der Waals surface area (Å²) in [5, 5.41) is 18.3. The van der Waals surface area contributed by atoms with E-state index in [2.05, 4.69) is 22.6 Å². The third-order valence-corrected chi connectivity index (χ3v) is 2.53. The van der Waals surface area contributed by atoms with Gasteiger partial charge in [-0.25, -0.2) is 0 Å². The minimum Gasteiger partial charge on any atom is -0.423 e. The van der Waals surface area contributed by atoms with E-state index in [9.17, 15) is 0 Å². The highest BCUT2D eigenvalue weighted by Gasteiger charge is 2.11. The molecule has 2 nitrogen and oxygen atoms in total. The normalized spacial score (nSPS) is 10.0. The van der Waals surface area contributed by atoms with Crippen molar-refractivity contribution in [3.8, 4) is 0 Å². The highest BCUT2D eigenvalue weighted by Crippen LogP contribution is 2.12. The zero-order valence-corrected chi connectivity index (χ0v) is 9.08. The number of alkyl halides is 1. The van der Waals surface area contributed by atoms with Crippen molar-refractivity contribution in [1.82, 2.24) is 0 Å². The zero-order valence-electron chi connectivity index (χ0n) is 6.17. The van der Waals surface area contributed by atoms with Crippen molar-refractivity contribution in [3.63, 3.8) is 0 Å². The number of halogens is 2. The smallest absolute Gasteiger partial charge is 0.423 e. The third kappa shape index (κ3) is 2.62. The number of hydrogen-bond donors (Lipinski definition) is 2. The Bertz CT molecular complexity index is 280. The molecule has 0 bridgehead atoms. The molecule has 0 aromatic heterocycles. The summed E-state index contributed by atoms with van der Waals surface area (Å²) in [6.45, 7) is 0. The Morgan fingerprint density at radius 2 is 2.00 bits per heavy atom. The van der Waals surface area contributed by atoms with Crippen molar-refractivity contribution in [2.24, 2.45) is 0 Å². The largest absolute Gasteiger partial charge is 0.488 e. The Labute approximate surface area is 89.8 Å². The maximum absolute atomic E-state index is 8.86. The zero-order chi connectivity index (χ0) is 9.14. The fourth-order valence-corrected chi connectivity index (χ4v) is 1.61. The maximum atomic E-state index is 8.86. The lowest BCUT2D eigenvalue weighted by atomic mass is 9.80. The van der Waals surface area contributed by atoms with Crippen molar-refractivity contribution in [2.45, 2.75) is 4.43 Å². The van der Waals surface area contributed by atoms with E-state index in [0.717, 1.165) is 9.99 Å². The maximum Gasteiger partial charge on any atom is 0.488 e. The van der Waals surface area contributed by atoms with Gasteiger partial charge in [0.2, 0.25) is 0 Å². The van der Waals surface area contributed by atoms with Gasteiger partial charge in [-0.15, -0.1) is 0 Å². The third-order valence-electron chi connectivity index (χ3n) is 1.43. The molecule has 2 N–H and O–H groups in total. The first-order valence-electron chi connectivity index (χ1n) is 3.35. The van der Waals surface area contributed by atoms with Crippen LogP contribution in [0.2, 0.25) is 5.02 Å². The van der Waals surface area contributed by atoms with Gasteiger partial charge in [0, 0.05) is 9.45 Å². The van der Waals surface area contributed by atoms with Crippen LogP contribution in [0.25, 0.3) is 0 Å². The molecule has 0 atom stereocenters. The molecule has 0 spiro atoms. The molecule has 64 valence electrons. The van der Waals surface area contributed by atoms with E-state index in [1.165, 1.54) is 0 Å². The molecule has 0 aliphatic rings. The van der Waals surface area contributed by atoms with Crippen molar-refractivity contribution < 1.29 is 10.0 Å². The van der Waals surface area contributed by atoms with Gasteiger partial charge in [0.05, 0.1) is 0 Å². The second-order valence-electron chi connectivity index (χ2n) is 2.40. The highest BCUT2D eigenvalue weighted by molar-refractivity contribution is 14.1. The minimum atomic E-state index is -1.44. The Balaban J connectivity index is 3.06. The first kappa shape index (κ1) is 10.3. The molecule has 0 unspecified atom stereocenters. The van der Waals surface area contributed by atoms with Gasteiger partial charge in [-0.2, -0.15) is 0 Å². The van der Waals surface area contributed by atoms with E-state index >= 15 is 0 Å². The van der Waals surface area contributed by atoms with E-state index < -0.39 is 7.12 Å². The van der Waals surface area contributed by atoms with Gasteiger partial charge in [0.25, 0.3) is 0 Å². The molecule has 0 fully saturated rings. The summed E-state index contributed by atoms with van der Waals surface area (Å²) in [6.07, 6.45) is 0. The van der Waals surface area contributed by atoms with Crippen molar-refractivity contribution in [3.05, 3.63) is 28.8 Å². The summed E-state index contributed by atoms with van der Waals surface area (Å²) in [4.78, 5) is 0. The Morgan fingerprint density at radius 3 is 2.50 bits per heavy atom. The molecule has 0 saturated heterocycles. The average Bonchev–Trinajstić information content (AvgIpc) is 2.03. The number of hydrogen-bond acceptors (Lipinski definition) is 2. The highest BCUT2D eigenvalue weighted by atomic mass is 127. The summed E-state index contributed by atoms with van der Waals surface area (Å²) in [5.41, 5.74) is 1.43. The summed E-state index contributed by atoms with van der Waals surface area (Å²) >= 11 is 7.94. The molecule has 0 aliphatic heterocycles. The number of benzene rings is 1. The van der Waals surface area contributed by atoms with Gasteiger partial charge in [0.1, 0.15) is 0 Å². The first-order chi connectivity index (χ1) is 5.63. The Morgan fingerprint density at radius 1 is 1.33 bits per heavy atom. The van der Waals surface area contributed by atoms with Crippen LogP contribution in [0.3, 0.4) is 0 Å². The van der Waals surface area contributed by atoms with Crippen LogP contribution in [-0.4, -0.2) is 17.2 Å². The standard InChI is InChI=1S/C7H7BClIO2/c9-7-2-5(4-10)1-6(3-7)8(11)12/h1-3,11-12H,4H2. The minimum absolute atomic E-state index is 0.439. The van der Waals surface area contributed by atoms with Crippen LogP contribution in [0, 0.1) is 0 Å². The van der Waals surface area contributed by atoms with E-state index in [-0.39, 0.29) is 0 Å². The van der Waals surface area contributed by atoms with E-state index in [0.29, 0.717) is 10.5 Å². The Hall–Kier alpha value is 0.225. The molecule has 1 aromatic rings. The monoisotopic (exact) mass is 296 g/mol. The molecule has 0 radical (unpaired) electrons. The lowest BCUT2D eigenvalue weighted by Crippen LogP contribution is -2.29. The summed E-state index contributed by atoms with van der Waals surface area (Å²) in [6, 6.07) is 5.07. The van der Waals surface area contributed by atoms with E-state index in [1.54, 1.807) is 18.2 Å². The SMILES string of the molecule is OB(O)c1cc(Cl)cc(CI)c1. The van der Waals surface area contributed by atoms with Gasteiger partial charge in [-0.3, -0.25) is 0 Å². The van der Waals surface area contributed by atoms with Crippen LogP contribution in [-0.2, 0) is 4.43 Å². The molecule has 12 heavy (non-hydrogen) atoms. The topological polar surface area (TPSA) is 40.5 Å². The van der Waals surface area contributed by atoms with Gasteiger partial charge >= 0.3 is 7.12 Å². The molecule has 1 aromatic carbocycles. The second kappa shape index (κ2) is 4.46. The van der Waals surface area contributed by atoms with Crippen LogP contribution in [0.4, 0.5) is 0 Å². The van der Waals surface area contributed by atoms with Crippen molar-refractivity contribution >= 4 is 46.8 Å². The molecular formula is C7H7BClIO2. The average molecular weight is 296 g/mol. The first-order valence-corrected chi connectivity index (χ1v) is 5.25. The van der Waals surface area contributed by atoms with Gasteiger partial charge in [-0.05, 0) is 23.2 Å². The number of rotatable bonds is 2. The summed E-state index contributed by atoms with van der Waals surface area (Å²) in [5.74, 6) is 0. The molecular weight excluding hydrogens is 289 g/mol. The van der Waals surface area contributed by atoms with Crippen LogP contribution in [0.1, 0.15) is 5.56 Å². The van der Waals surface area contributed by atoms with E-state index in [4.69, 9.17) is 21.6 Å². The van der Waals surface area contributed by atoms with E-state index in [1.807, 2.05) is 0 Å². The second-order valence-corrected chi connectivity index (χ2v) is 3.60. The molecule has 0 amide bonds. The van der Waals surface area contributed by atoms with Gasteiger partial charge < -0.3 is 10.0 Å². The fraction of sp³-hybridized carbons (Fsp3) is 0.143. The molecule has 0 saturated carbocycles. The van der Waals surface area contributed by atoms with Crippen molar-refractivity contribution in [2.75, 3.05) is 0 Å². The lowest BCUT2D eigenvalue weighted by molar-refractivity contribution is 0.425. The van der Waals surface area contributed by atoms with Gasteiger partial charge in [-0.1, -0.05) is 40.3 Å². The fourth-order valence-electron chi connectivity index (χ4n) is 0.902. The Kier molecular flexibility index (Phi) is 3.83. The molecule has 5 heteroatoms. The molecule has 0 aliphatic carbocycles. The van der Waals surface area contributed by atoms with Crippen LogP contribution in [0.5, 0.6) is 0 Å².